The molecule has 3 heterocycles. The van der Waals surface area contributed by atoms with Crippen LogP contribution in [0.3, 0.4) is 0 Å². The molecule has 3 nitrogen and oxygen atoms in total. The average Bonchev–Trinajstić information content (AvgIpc) is 3.79. The standard InChI is InChI=1S/C41H24N2OS/c1-2-8-25(9-3-1)29-16-19-32-38(24-29)45-37-21-20-34-40(39(32)37)44-41(42-34)26-14-17-30(18-15-26)43-35-13-7-6-12-31(35)33-22-27-10-4-5-11-28(27)23-36(33)43/h1-24H. The second kappa shape index (κ2) is 9.39. The van der Waals surface area contributed by atoms with E-state index in [0.717, 1.165) is 27.7 Å². The molecule has 3 aromatic heterocycles. The van der Waals surface area contributed by atoms with Crippen LogP contribution in [0.1, 0.15) is 0 Å². The van der Waals surface area contributed by atoms with E-state index in [4.69, 9.17) is 9.40 Å². The fourth-order valence-corrected chi connectivity index (χ4v) is 8.01. The molecule has 0 N–H and O–H groups in total. The smallest absolute Gasteiger partial charge is 0.227 e. The van der Waals surface area contributed by atoms with Gasteiger partial charge in [0.25, 0.3) is 0 Å². The molecule has 210 valence electrons. The maximum Gasteiger partial charge on any atom is 0.227 e. The van der Waals surface area contributed by atoms with Gasteiger partial charge in [0.15, 0.2) is 5.58 Å². The van der Waals surface area contributed by atoms with E-state index in [2.05, 4.69) is 150 Å². The maximum absolute atomic E-state index is 6.56. The number of rotatable bonds is 3. The van der Waals surface area contributed by atoms with Gasteiger partial charge in [-0.3, -0.25) is 0 Å². The van der Waals surface area contributed by atoms with E-state index < -0.39 is 0 Å². The highest BCUT2D eigenvalue weighted by Crippen LogP contribution is 2.41. The Bertz CT molecular complexity index is 2750. The Hall–Kier alpha value is -5.71. The molecule has 0 saturated heterocycles. The summed E-state index contributed by atoms with van der Waals surface area (Å²) in [6.45, 7) is 0. The summed E-state index contributed by atoms with van der Waals surface area (Å²) in [7, 11) is 0. The summed E-state index contributed by atoms with van der Waals surface area (Å²) in [6.07, 6.45) is 0. The van der Waals surface area contributed by atoms with Gasteiger partial charge in [0.05, 0.1) is 11.0 Å². The summed E-state index contributed by atoms with van der Waals surface area (Å²) >= 11 is 1.80. The van der Waals surface area contributed by atoms with Gasteiger partial charge in [-0.15, -0.1) is 11.3 Å². The van der Waals surface area contributed by atoms with Crippen molar-refractivity contribution in [1.82, 2.24) is 9.55 Å². The van der Waals surface area contributed by atoms with Crippen molar-refractivity contribution in [3.63, 3.8) is 0 Å². The Labute approximate surface area is 262 Å². The highest BCUT2D eigenvalue weighted by molar-refractivity contribution is 7.26. The van der Waals surface area contributed by atoms with Crippen molar-refractivity contribution < 1.29 is 4.42 Å². The molecule has 4 heteroatoms. The van der Waals surface area contributed by atoms with E-state index in [-0.39, 0.29) is 0 Å². The van der Waals surface area contributed by atoms with E-state index >= 15 is 0 Å². The Morgan fingerprint density at radius 1 is 0.511 bits per heavy atom. The first kappa shape index (κ1) is 24.7. The fraction of sp³-hybridized carbons (Fsp3) is 0. The Kier molecular flexibility index (Phi) is 5.16. The molecule has 45 heavy (non-hydrogen) atoms. The number of nitrogens with zero attached hydrogens (tertiary/aromatic N) is 2. The summed E-state index contributed by atoms with van der Waals surface area (Å²) in [5.41, 5.74) is 8.63. The van der Waals surface area contributed by atoms with Crippen LogP contribution in [-0.2, 0) is 0 Å². The van der Waals surface area contributed by atoms with Gasteiger partial charge < -0.3 is 8.98 Å². The van der Waals surface area contributed by atoms with Gasteiger partial charge in [0.2, 0.25) is 5.89 Å². The second-order valence-corrected chi connectivity index (χ2v) is 12.7. The lowest BCUT2D eigenvalue weighted by atomic mass is 10.0. The normalized spacial score (nSPS) is 12.0. The first-order valence-electron chi connectivity index (χ1n) is 15.1. The van der Waals surface area contributed by atoms with E-state index in [1.165, 1.54) is 58.5 Å². The predicted octanol–water partition coefficient (Wildman–Crippen LogP) is 11.8. The number of hydrogen-bond donors (Lipinski definition) is 0. The first-order valence-corrected chi connectivity index (χ1v) is 15.9. The van der Waals surface area contributed by atoms with Crippen molar-refractivity contribution in [1.29, 1.82) is 0 Å². The van der Waals surface area contributed by atoms with E-state index in [1.54, 1.807) is 11.3 Å². The summed E-state index contributed by atoms with van der Waals surface area (Å²) in [5, 5.41) is 7.35. The summed E-state index contributed by atoms with van der Waals surface area (Å²) < 4.78 is 11.4. The van der Waals surface area contributed by atoms with Gasteiger partial charge in [-0.05, 0) is 82.6 Å². The lowest BCUT2D eigenvalue weighted by molar-refractivity contribution is 0.623. The molecule has 0 radical (unpaired) electrons. The van der Waals surface area contributed by atoms with Crippen molar-refractivity contribution in [2.24, 2.45) is 0 Å². The largest absolute Gasteiger partial charge is 0.435 e. The molecule has 0 spiro atoms. The number of oxazole rings is 1. The summed E-state index contributed by atoms with van der Waals surface area (Å²) in [4.78, 5) is 4.94. The summed E-state index contributed by atoms with van der Waals surface area (Å²) in [6, 6.07) is 51.9. The molecule has 0 aliphatic carbocycles. The molecule has 0 amide bonds. The van der Waals surface area contributed by atoms with Crippen LogP contribution in [0, 0.1) is 0 Å². The minimum Gasteiger partial charge on any atom is -0.435 e. The number of thiophene rings is 1. The van der Waals surface area contributed by atoms with Gasteiger partial charge in [0, 0.05) is 42.2 Å². The molecule has 10 rings (SSSR count). The third-order valence-electron chi connectivity index (χ3n) is 9.01. The molecule has 0 saturated carbocycles. The molecular formula is C41H24N2OS. The van der Waals surface area contributed by atoms with Crippen LogP contribution in [0.4, 0.5) is 0 Å². The minimum absolute atomic E-state index is 0.637. The minimum atomic E-state index is 0.637. The second-order valence-electron chi connectivity index (χ2n) is 11.6. The number of fused-ring (bicyclic) bond motifs is 9. The predicted molar refractivity (Wildman–Crippen MR) is 190 cm³/mol. The van der Waals surface area contributed by atoms with Crippen molar-refractivity contribution in [3.8, 4) is 28.3 Å². The van der Waals surface area contributed by atoms with Crippen LogP contribution in [0.15, 0.2) is 150 Å². The van der Waals surface area contributed by atoms with Crippen molar-refractivity contribution in [2.45, 2.75) is 0 Å². The zero-order chi connectivity index (χ0) is 29.5. The Balaban J connectivity index is 1.09. The Morgan fingerprint density at radius 3 is 2.13 bits per heavy atom. The maximum atomic E-state index is 6.56. The third-order valence-corrected chi connectivity index (χ3v) is 10.1. The highest BCUT2D eigenvalue weighted by Gasteiger charge is 2.17. The lowest BCUT2D eigenvalue weighted by Crippen LogP contribution is -1.93. The highest BCUT2D eigenvalue weighted by atomic mass is 32.1. The number of benzene rings is 7. The molecule has 0 bridgehead atoms. The molecule has 0 unspecified atom stereocenters. The third kappa shape index (κ3) is 3.73. The summed E-state index contributed by atoms with van der Waals surface area (Å²) in [5.74, 6) is 0.637. The van der Waals surface area contributed by atoms with Gasteiger partial charge >= 0.3 is 0 Å². The van der Waals surface area contributed by atoms with Gasteiger partial charge in [-0.25, -0.2) is 4.98 Å². The zero-order valence-electron chi connectivity index (χ0n) is 24.1. The van der Waals surface area contributed by atoms with E-state index in [1.807, 2.05) is 0 Å². The van der Waals surface area contributed by atoms with E-state index in [0.29, 0.717) is 5.89 Å². The molecule has 0 atom stereocenters. The van der Waals surface area contributed by atoms with Crippen LogP contribution in [-0.4, -0.2) is 9.55 Å². The quantitative estimate of drug-likeness (QED) is 0.204. The van der Waals surface area contributed by atoms with Crippen LogP contribution in [0.2, 0.25) is 0 Å². The zero-order valence-corrected chi connectivity index (χ0v) is 24.9. The molecule has 7 aromatic carbocycles. The number of para-hydroxylation sites is 1. The average molecular weight is 593 g/mol. The van der Waals surface area contributed by atoms with Crippen molar-refractivity contribution >= 4 is 75.2 Å². The van der Waals surface area contributed by atoms with Crippen molar-refractivity contribution in [3.05, 3.63) is 146 Å². The number of hydrogen-bond acceptors (Lipinski definition) is 3. The van der Waals surface area contributed by atoms with E-state index in [9.17, 15) is 0 Å². The van der Waals surface area contributed by atoms with Crippen LogP contribution in [0.5, 0.6) is 0 Å². The fourth-order valence-electron chi connectivity index (χ4n) is 6.87. The first-order chi connectivity index (χ1) is 22.3. The number of aromatic nitrogens is 2. The molecule has 0 aliphatic rings. The monoisotopic (exact) mass is 592 g/mol. The van der Waals surface area contributed by atoms with Crippen LogP contribution in [0.25, 0.3) is 92.1 Å². The lowest BCUT2D eigenvalue weighted by Gasteiger charge is -2.09. The van der Waals surface area contributed by atoms with Gasteiger partial charge in [-0.1, -0.05) is 84.9 Å². The SMILES string of the molecule is c1ccc(-c2ccc3c(c2)sc2ccc4nc(-c5ccc(-n6c7ccccc7c7cc8ccccc8cc76)cc5)oc4c23)cc1. The Morgan fingerprint density at radius 2 is 1.27 bits per heavy atom. The van der Waals surface area contributed by atoms with Crippen LogP contribution < -0.4 is 0 Å². The molecule has 10 aromatic rings. The molecule has 0 fully saturated rings. The van der Waals surface area contributed by atoms with Crippen molar-refractivity contribution in [2.75, 3.05) is 0 Å². The van der Waals surface area contributed by atoms with Gasteiger partial charge in [-0.2, -0.15) is 0 Å². The molecular weight excluding hydrogens is 569 g/mol. The molecule has 0 aliphatic heterocycles. The topological polar surface area (TPSA) is 31.0 Å². The van der Waals surface area contributed by atoms with Crippen LogP contribution >= 0.6 is 11.3 Å². The van der Waals surface area contributed by atoms with Gasteiger partial charge in [0.1, 0.15) is 5.52 Å².